The highest BCUT2D eigenvalue weighted by Gasteiger charge is 2.24. The van der Waals surface area contributed by atoms with Gasteiger partial charge in [0.05, 0.1) is 11.3 Å². The molecule has 0 saturated heterocycles. The fraction of sp³-hybridized carbons (Fsp3) is 0.154. The van der Waals surface area contributed by atoms with Crippen LogP contribution in [0.15, 0.2) is 27.9 Å². The summed E-state index contributed by atoms with van der Waals surface area (Å²) < 4.78 is 29.2. The molecule has 2 rings (SSSR count). The van der Waals surface area contributed by atoms with Crippen molar-refractivity contribution in [2.45, 2.75) is 0 Å². The quantitative estimate of drug-likeness (QED) is 0.632. The fourth-order valence-electron chi connectivity index (χ4n) is 1.88. The van der Waals surface area contributed by atoms with Gasteiger partial charge in [0.15, 0.2) is 5.82 Å². The van der Waals surface area contributed by atoms with Crippen LogP contribution in [0.2, 0.25) is 0 Å². The van der Waals surface area contributed by atoms with E-state index in [4.69, 9.17) is 5.73 Å². The monoisotopic (exact) mass is 295 g/mol. The van der Waals surface area contributed by atoms with E-state index in [1.165, 1.54) is 7.05 Å². The molecular weight excluding hydrogens is 284 g/mol. The van der Waals surface area contributed by atoms with Gasteiger partial charge in [0.1, 0.15) is 11.4 Å². The number of hydrogen-bond acceptors (Lipinski definition) is 4. The van der Waals surface area contributed by atoms with Gasteiger partial charge in [0, 0.05) is 20.3 Å². The molecule has 0 aliphatic carbocycles. The van der Waals surface area contributed by atoms with Gasteiger partial charge in [-0.25, -0.2) is 13.6 Å². The van der Waals surface area contributed by atoms with E-state index in [2.05, 4.69) is 0 Å². The van der Waals surface area contributed by atoms with Crippen LogP contribution < -0.4 is 17.0 Å². The van der Waals surface area contributed by atoms with Gasteiger partial charge in [0.2, 0.25) is 5.78 Å². The van der Waals surface area contributed by atoms with E-state index in [-0.39, 0.29) is 0 Å². The Labute approximate surface area is 117 Å². The normalized spacial score (nSPS) is 10.7. The van der Waals surface area contributed by atoms with Crippen molar-refractivity contribution in [1.82, 2.24) is 9.13 Å². The van der Waals surface area contributed by atoms with Crippen molar-refractivity contribution in [1.29, 1.82) is 0 Å². The molecule has 0 aliphatic rings. The van der Waals surface area contributed by atoms with Crippen molar-refractivity contribution >= 4 is 11.5 Å². The Morgan fingerprint density at radius 3 is 2.43 bits per heavy atom. The van der Waals surface area contributed by atoms with Crippen molar-refractivity contribution in [2.24, 2.45) is 14.1 Å². The number of aromatic nitrogens is 2. The fourth-order valence-corrected chi connectivity index (χ4v) is 1.88. The predicted molar refractivity (Wildman–Crippen MR) is 71.1 cm³/mol. The number of halogens is 2. The van der Waals surface area contributed by atoms with Crippen LogP contribution in [-0.4, -0.2) is 14.9 Å². The van der Waals surface area contributed by atoms with Gasteiger partial charge >= 0.3 is 5.69 Å². The minimum absolute atomic E-state index is 0.415. The molecule has 0 saturated carbocycles. The number of carbonyl (C=O) groups is 1. The van der Waals surface area contributed by atoms with Gasteiger partial charge in [-0.05, 0) is 12.1 Å². The number of nitrogens with two attached hydrogens (primary N) is 1. The Kier molecular flexibility index (Phi) is 3.46. The van der Waals surface area contributed by atoms with Crippen LogP contribution in [0, 0.1) is 11.6 Å². The first kappa shape index (κ1) is 14.6. The largest absolute Gasteiger partial charge is 0.396 e. The number of nitrogen functional groups attached to an aromatic ring is 1. The highest BCUT2D eigenvalue weighted by atomic mass is 19.1. The Balaban J connectivity index is 2.76. The molecule has 0 amide bonds. The van der Waals surface area contributed by atoms with Gasteiger partial charge in [-0.2, -0.15) is 0 Å². The first-order valence-corrected chi connectivity index (χ1v) is 5.80. The Bertz CT molecular complexity index is 868. The molecule has 2 aromatic rings. The zero-order valence-corrected chi connectivity index (χ0v) is 11.2. The van der Waals surface area contributed by atoms with Gasteiger partial charge < -0.3 is 10.3 Å². The molecule has 0 unspecified atom stereocenters. The van der Waals surface area contributed by atoms with Crippen LogP contribution in [0.4, 0.5) is 14.5 Å². The predicted octanol–water partition coefficient (Wildman–Crippen LogP) is 0.175. The lowest BCUT2D eigenvalue weighted by Crippen LogP contribution is -2.39. The van der Waals surface area contributed by atoms with Crippen LogP contribution in [0.3, 0.4) is 0 Å². The lowest BCUT2D eigenvalue weighted by Gasteiger charge is -2.08. The van der Waals surface area contributed by atoms with Gasteiger partial charge in [0.25, 0.3) is 5.56 Å². The molecule has 0 spiro atoms. The summed E-state index contributed by atoms with van der Waals surface area (Å²) in [6.45, 7) is 0. The summed E-state index contributed by atoms with van der Waals surface area (Å²) >= 11 is 0. The number of hydrogen-bond donors (Lipinski definition) is 1. The van der Waals surface area contributed by atoms with Gasteiger partial charge in [-0.15, -0.1) is 0 Å². The zero-order chi connectivity index (χ0) is 15.9. The topological polar surface area (TPSA) is 87.1 Å². The molecule has 0 atom stereocenters. The van der Waals surface area contributed by atoms with Crippen LogP contribution in [-0.2, 0) is 14.1 Å². The second kappa shape index (κ2) is 4.97. The number of nitrogens with zero attached hydrogens (tertiary/aromatic N) is 2. The minimum atomic E-state index is -1.24. The van der Waals surface area contributed by atoms with E-state index in [1.54, 1.807) is 0 Å². The van der Waals surface area contributed by atoms with E-state index >= 15 is 0 Å². The first-order valence-electron chi connectivity index (χ1n) is 5.80. The summed E-state index contributed by atoms with van der Waals surface area (Å²) in [6, 6.07) is 1.80. The number of anilines is 1. The van der Waals surface area contributed by atoms with Crippen LogP contribution in [0.5, 0.6) is 0 Å². The van der Waals surface area contributed by atoms with E-state index in [9.17, 15) is 23.2 Å². The Hall–Kier alpha value is -2.77. The average molecular weight is 295 g/mol. The van der Waals surface area contributed by atoms with E-state index in [0.29, 0.717) is 4.57 Å². The number of carbonyl (C=O) groups excluding carboxylic acids is 1. The van der Waals surface area contributed by atoms with Crippen molar-refractivity contribution in [3.8, 4) is 0 Å². The molecule has 2 N–H and O–H groups in total. The molecule has 0 fully saturated rings. The van der Waals surface area contributed by atoms with E-state index < -0.39 is 45.5 Å². The van der Waals surface area contributed by atoms with Crippen molar-refractivity contribution < 1.29 is 13.6 Å². The zero-order valence-electron chi connectivity index (χ0n) is 11.2. The maximum Gasteiger partial charge on any atom is 0.330 e. The number of rotatable bonds is 2. The summed E-state index contributed by atoms with van der Waals surface area (Å²) in [7, 11) is 2.47. The third kappa shape index (κ3) is 2.24. The molecular formula is C13H11F2N3O3. The second-order valence-electron chi connectivity index (χ2n) is 4.46. The standard InChI is InChI=1S/C13H11F2N3O3/c1-17-5-6(12(20)18(2)13(17)21)11(19)9-7(14)3-4-8(16)10(9)15/h3-5H,16H2,1-2H3. The number of aryl methyl sites for hydroxylation is 1. The van der Waals surface area contributed by atoms with Gasteiger partial charge in [-0.3, -0.25) is 14.2 Å². The summed E-state index contributed by atoms with van der Waals surface area (Å²) in [5.41, 5.74) is 1.83. The van der Waals surface area contributed by atoms with Crippen molar-refractivity contribution in [3.05, 3.63) is 61.9 Å². The minimum Gasteiger partial charge on any atom is -0.396 e. The molecule has 6 nitrogen and oxygen atoms in total. The van der Waals surface area contributed by atoms with E-state index in [0.717, 1.165) is 29.9 Å². The smallest absolute Gasteiger partial charge is 0.330 e. The van der Waals surface area contributed by atoms with Crippen molar-refractivity contribution in [3.63, 3.8) is 0 Å². The number of benzene rings is 1. The maximum atomic E-state index is 13.8. The molecule has 1 heterocycles. The molecule has 1 aromatic carbocycles. The molecule has 0 radical (unpaired) electrons. The van der Waals surface area contributed by atoms with E-state index in [1.807, 2.05) is 0 Å². The summed E-state index contributed by atoms with van der Waals surface area (Å²) in [4.78, 5) is 35.7. The second-order valence-corrected chi connectivity index (χ2v) is 4.46. The SMILES string of the molecule is Cn1cc(C(=O)c2c(F)ccc(N)c2F)c(=O)n(C)c1=O. The molecule has 21 heavy (non-hydrogen) atoms. The lowest BCUT2D eigenvalue weighted by molar-refractivity contribution is 0.102. The third-order valence-electron chi connectivity index (χ3n) is 3.04. The summed E-state index contributed by atoms with van der Waals surface area (Å²) in [5, 5.41) is 0. The van der Waals surface area contributed by atoms with Crippen molar-refractivity contribution in [2.75, 3.05) is 5.73 Å². The molecule has 0 bridgehead atoms. The van der Waals surface area contributed by atoms with Crippen LogP contribution >= 0.6 is 0 Å². The molecule has 1 aromatic heterocycles. The lowest BCUT2D eigenvalue weighted by atomic mass is 10.0. The summed E-state index contributed by atoms with van der Waals surface area (Å²) in [6.07, 6.45) is 0.940. The average Bonchev–Trinajstić information content (AvgIpc) is 2.44. The Morgan fingerprint density at radius 2 is 1.81 bits per heavy atom. The highest BCUT2D eigenvalue weighted by molar-refractivity contribution is 6.09. The molecule has 110 valence electrons. The maximum absolute atomic E-state index is 13.8. The number of ketones is 1. The third-order valence-corrected chi connectivity index (χ3v) is 3.04. The summed E-state index contributed by atoms with van der Waals surface area (Å²) in [5.74, 6) is -3.55. The van der Waals surface area contributed by atoms with Gasteiger partial charge in [-0.1, -0.05) is 0 Å². The first-order chi connectivity index (χ1) is 9.75. The molecule has 8 heteroatoms. The Morgan fingerprint density at radius 1 is 1.19 bits per heavy atom. The highest BCUT2D eigenvalue weighted by Crippen LogP contribution is 2.20. The molecule has 0 aliphatic heterocycles. The van der Waals surface area contributed by atoms with Crippen LogP contribution in [0.1, 0.15) is 15.9 Å². The van der Waals surface area contributed by atoms with Crippen LogP contribution in [0.25, 0.3) is 0 Å².